The number of carbonyl (C=O) groups is 2. The van der Waals surface area contributed by atoms with E-state index in [9.17, 15) is 9.59 Å². The van der Waals surface area contributed by atoms with Crippen LogP contribution in [0.15, 0.2) is 46.8 Å². The van der Waals surface area contributed by atoms with Crippen LogP contribution in [0.4, 0.5) is 0 Å². The first kappa shape index (κ1) is 23.3. The van der Waals surface area contributed by atoms with E-state index < -0.39 is 0 Å². The molecule has 6 nitrogen and oxygen atoms in total. The Morgan fingerprint density at radius 2 is 1.76 bits per heavy atom. The number of carbonyl (C=O) groups excluding carboxylic acids is 2. The summed E-state index contributed by atoms with van der Waals surface area (Å²) in [6, 6.07) is 11.2. The van der Waals surface area contributed by atoms with Gasteiger partial charge in [-0.1, -0.05) is 18.2 Å². The Labute approximate surface area is 192 Å². The van der Waals surface area contributed by atoms with Crippen molar-refractivity contribution in [2.75, 3.05) is 26.2 Å². The first-order valence-electron chi connectivity index (χ1n) is 9.70. The van der Waals surface area contributed by atoms with Gasteiger partial charge in [-0.05, 0) is 49.8 Å². The number of fused-ring (bicyclic) bond motifs is 1. The Kier molecular flexibility index (Phi) is 9.59. The van der Waals surface area contributed by atoms with Crippen molar-refractivity contribution in [2.24, 2.45) is 4.99 Å². The molecule has 0 unspecified atom stereocenters. The Morgan fingerprint density at radius 1 is 1.03 bits per heavy atom. The molecule has 1 aromatic heterocycles. The molecule has 2 aromatic rings. The summed E-state index contributed by atoms with van der Waals surface area (Å²) in [4.78, 5) is 32.0. The van der Waals surface area contributed by atoms with Crippen LogP contribution in [0.25, 0.3) is 0 Å². The number of aliphatic imine (C=N–C) groups is 1. The lowest BCUT2D eigenvalue weighted by atomic mass is 10.1. The van der Waals surface area contributed by atoms with Crippen LogP contribution < -0.4 is 10.6 Å². The fourth-order valence-corrected chi connectivity index (χ4v) is 3.82. The van der Waals surface area contributed by atoms with Crippen LogP contribution >= 0.6 is 35.3 Å². The van der Waals surface area contributed by atoms with Gasteiger partial charge in [-0.25, -0.2) is 0 Å². The maximum atomic E-state index is 12.3. The van der Waals surface area contributed by atoms with Crippen molar-refractivity contribution < 1.29 is 9.59 Å². The van der Waals surface area contributed by atoms with E-state index in [1.54, 1.807) is 35.6 Å². The Morgan fingerprint density at radius 3 is 2.38 bits per heavy atom. The molecule has 8 heteroatoms. The summed E-state index contributed by atoms with van der Waals surface area (Å²) in [6.45, 7) is 4.77. The number of amides is 2. The van der Waals surface area contributed by atoms with E-state index in [0.29, 0.717) is 24.2 Å². The molecule has 0 atom stereocenters. The molecule has 0 radical (unpaired) electrons. The van der Waals surface area contributed by atoms with E-state index in [1.807, 2.05) is 6.92 Å². The van der Waals surface area contributed by atoms with Gasteiger partial charge >= 0.3 is 0 Å². The van der Waals surface area contributed by atoms with Crippen molar-refractivity contribution in [3.63, 3.8) is 0 Å². The standard InChI is InChI=1S/C21H26N4O2S.HI/c1-2-22-21(24-13-11-16-8-7-15-28-16)23-12-5-6-14-25-19(26)17-9-3-4-10-18(17)20(25)27;/h3-4,7-10,15H,2,5-6,11-14H2,1H3,(H2,22,23,24);1H. The van der Waals surface area contributed by atoms with Crippen molar-refractivity contribution in [3.05, 3.63) is 57.8 Å². The van der Waals surface area contributed by atoms with E-state index in [4.69, 9.17) is 0 Å². The van der Waals surface area contributed by atoms with Crippen LogP contribution in [0.5, 0.6) is 0 Å². The highest BCUT2D eigenvalue weighted by Crippen LogP contribution is 2.22. The molecule has 29 heavy (non-hydrogen) atoms. The van der Waals surface area contributed by atoms with Gasteiger partial charge < -0.3 is 10.6 Å². The second kappa shape index (κ2) is 11.9. The predicted molar refractivity (Wildman–Crippen MR) is 128 cm³/mol. The fraction of sp³-hybridized carbons (Fsp3) is 0.381. The fourth-order valence-electron chi connectivity index (χ4n) is 3.12. The van der Waals surface area contributed by atoms with E-state index >= 15 is 0 Å². The average molecular weight is 526 g/mol. The van der Waals surface area contributed by atoms with E-state index in [2.05, 4.69) is 33.1 Å². The Bertz CT molecular complexity index is 804. The normalized spacial score (nSPS) is 13.3. The third-order valence-electron chi connectivity index (χ3n) is 4.53. The maximum Gasteiger partial charge on any atom is 0.261 e. The lowest BCUT2D eigenvalue weighted by molar-refractivity contribution is 0.0652. The van der Waals surface area contributed by atoms with Crippen LogP contribution in [-0.4, -0.2) is 48.9 Å². The molecule has 156 valence electrons. The minimum absolute atomic E-state index is 0. The van der Waals surface area contributed by atoms with Crippen molar-refractivity contribution in [1.82, 2.24) is 15.5 Å². The SMILES string of the molecule is CCNC(=NCCCCN1C(=O)c2ccccc2C1=O)NCCc1cccs1.I. The van der Waals surface area contributed by atoms with Crippen LogP contribution in [0.1, 0.15) is 45.4 Å². The van der Waals surface area contributed by atoms with Gasteiger partial charge in [0.2, 0.25) is 0 Å². The number of hydrogen-bond donors (Lipinski definition) is 2. The molecule has 2 heterocycles. The summed E-state index contributed by atoms with van der Waals surface area (Å²) in [6.07, 6.45) is 2.53. The second-order valence-corrected chi connectivity index (χ2v) is 7.56. The number of nitrogens with one attached hydrogen (secondary N) is 2. The topological polar surface area (TPSA) is 73.8 Å². The molecule has 2 amide bonds. The molecule has 0 aliphatic carbocycles. The minimum Gasteiger partial charge on any atom is -0.357 e. The van der Waals surface area contributed by atoms with E-state index in [1.165, 1.54) is 9.78 Å². The number of thiophene rings is 1. The molecule has 1 aliphatic rings. The molecule has 0 bridgehead atoms. The molecule has 3 rings (SSSR count). The molecular weight excluding hydrogens is 499 g/mol. The maximum absolute atomic E-state index is 12.3. The third-order valence-corrected chi connectivity index (χ3v) is 5.46. The quantitative estimate of drug-likeness (QED) is 0.172. The largest absolute Gasteiger partial charge is 0.357 e. The highest BCUT2D eigenvalue weighted by atomic mass is 127. The zero-order chi connectivity index (χ0) is 19.8. The summed E-state index contributed by atoms with van der Waals surface area (Å²) in [5, 5.41) is 8.67. The van der Waals surface area contributed by atoms with Crippen LogP contribution in [0.3, 0.4) is 0 Å². The van der Waals surface area contributed by atoms with Crippen LogP contribution in [0.2, 0.25) is 0 Å². The van der Waals surface area contributed by atoms with Gasteiger partial charge in [0, 0.05) is 31.1 Å². The smallest absolute Gasteiger partial charge is 0.261 e. The molecule has 0 spiro atoms. The number of halogens is 1. The second-order valence-electron chi connectivity index (χ2n) is 6.53. The van der Waals surface area contributed by atoms with Crippen molar-refractivity contribution in [2.45, 2.75) is 26.2 Å². The molecule has 1 aromatic carbocycles. The first-order valence-corrected chi connectivity index (χ1v) is 10.6. The van der Waals surface area contributed by atoms with Gasteiger partial charge in [0.25, 0.3) is 11.8 Å². The molecule has 0 saturated carbocycles. The zero-order valence-corrected chi connectivity index (χ0v) is 19.7. The summed E-state index contributed by atoms with van der Waals surface area (Å²) >= 11 is 1.76. The lowest BCUT2D eigenvalue weighted by Crippen LogP contribution is -2.38. The van der Waals surface area contributed by atoms with Crippen molar-refractivity contribution >= 4 is 53.1 Å². The number of benzene rings is 1. The summed E-state index contributed by atoms with van der Waals surface area (Å²) in [5.74, 6) is 0.431. The van der Waals surface area contributed by atoms with Crippen molar-refractivity contribution in [1.29, 1.82) is 0 Å². The zero-order valence-electron chi connectivity index (χ0n) is 16.5. The third kappa shape index (κ3) is 6.27. The number of nitrogens with zero attached hydrogens (tertiary/aromatic N) is 2. The predicted octanol–water partition coefficient (Wildman–Crippen LogP) is 3.54. The van der Waals surface area contributed by atoms with Gasteiger partial charge in [-0.3, -0.25) is 19.5 Å². The van der Waals surface area contributed by atoms with Gasteiger partial charge in [-0.2, -0.15) is 0 Å². The average Bonchev–Trinajstić information content (AvgIpc) is 3.30. The first-order chi connectivity index (χ1) is 13.7. The summed E-state index contributed by atoms with van der Waals surface area (Å²) in [5.41, 5.74) is 1.02. The summed E-state index contributed by atoms with van der Waals surface area (Å²) < 4.78 is 0. The van der Waals surface area contributed by atoms with E-state index in [0.717, 1.165) is 38.3 Å². The minimum atomic E-state index is -0.187. The Hall–Kier alpha value is -1.94. The summed E-state index contributed by atoms with van der Waals surface area (Å²) in [7, 11) is 0. The highest BCUT2D eigenvalue weighted by Gasteiger charge is 2.34. The number of unbranched alkanes of at least 4 members (excludes halogenated alkanes) is 1. The Balaban J connectivity index is 0.00000300. The number of imide groups is 1. The van der Waals surface area contributed by atoms with Crippen LogP contribution in [0, 0.1) is 0 Å². The lowest BCUT2D eigenvalue weighted by Gasteiger charge is -2.13. The number of hydrogen-bond acceptors (Lipinski definition) is 4. The van der Waals surface area contributed by atoms with E-state index in [-0.39, 0.29) is 35.8 Å². The monoisotopic (exact) mass is 526 g/mol. The molecule has 0 saturated heterocycles. The molecular formula is C21H27IN4O2S. The van der Waals surface area contributed by atoms with Gasteiger partial charge in [0.15, 0.2) is 5.96 Å². The van der Waals surface area contributed by atoms with Gasteiger partial charge in [0.05, 0.1) is 11.1 Å². The van der Waals surface area contributed by atoms with Gasteiger partial charge in [-0.15, -0.1) is 35.3 Å². The molecule has 0 fully saturated rings. The van der Waals surface area contributed by atoms with Crippen LogP contribution in [-0.2, 0) is 6.42 Å². The number of guanidine groups is 1. The molecule has 2 N–H and O–H groups in total. The highest BCUT2D eigenvalue weighted by molar-refractivity contribution is 14.0. The van der Waals surface area contributed by atoms with Crippen molar-refractivity contribution in [3.8, 4) is 0 Å². The number of rotatable bonds is 9. The van der Waals surface area contributed by atoms with Gasteiger partial charge in [0.1, 0.15) is 0 Å². The molecule has 1 aliphatic heterocycles.